The van der Waals surface area contributed by atoms with Gasteiger partial charge < -0.3 is 4.90 Å². The topological polar surface area (TPSA) is 52.8 Å². The molecule has 1 aliphatic heterocycles. The van der Waals surface area contributed by atoms with E-state index in [0.29, 0.717) is 10.8 Å². The van der Waals surface area contributed by atoms with E-state index in [2.05, 4.69) is 45.4 Å². The van der Waals surface area contributed by atoms with Gasteiger partial charge in [-0.25, -0.2) is 0 Å². The fourth-order valence-electron chi connectivity index (χ4n) is 2.66. The summed E-state index contributed by atoms with van der Waals surface area (Å²) in [4.78, 5) is 2.20. The molecule has 1 aromatic heterocycles. The third-order valence-electron chi connectivity index (χ3n) is 4.09. The number of aromatic nitrogens is 2. The average molecular weight is 310 g/mol. The maximum Gasteiger partial charge on any atom is 0.169 e. The number of nitrogens with zero attached hydrogens (tertiary/aromatic N) is 4. The van der Waals surface area contributed by atoms with E-state index < -0.39 is 0 Å². The molecule has 1 atom stereocenters. The van der Waals surface area contributed by atoms with Crippen molar-refractivity contribution in [1.29, 1.82) is 5.26 Å². The number of hydrogen-bond donors (Lipinski definition) is 0. The fraction of sp³-hybridized carbons (Fsp3) is 0.353. The van der Waals surface area contributed by atoms with Crippen molar-refractivity contribution in [3.63, 3.8) is 0 Å². The second kappa shape index (κ2) is 6.37. The molecular weight excluding hydrogens is 292 g/mol. The van der Waals surface area contributed by atoms with Gasteiger partial charge >= 0.3 is 0 Å². The van der Waals surface area contributed by atoms with Crippen molar-refractivity contribution in [1.82, 2.24) is 10.2 Å². The minimum atomic E-state index is 0.407. The Labute approximate surface area is 135 Å². The molecule has 2 aromatic rings. The fourth-order valence-corrected chi connectivity index (χ4v) is 3.91. The molecule has 2 heterocycles. The molecule has 3 rings (SSSR count). The number of rotatable bonds is 2. The van der Waals surface area contributed by atoms with Gasteiger partial charge in [0.05, 0.1) is 5.69 Å². The third kappa shape index (κ3) is 2.79. The van der Waals surface area contributed by atoms with Crippen molar-refractivity contribution in [3.8, 4) is 6.07 Å². The van der Waals surface area contributed by atoms with E-state index in [-0.39, 0.29) is 0 Å². The number of hydrogen-bond acceptors (Lipinski definition) is 5. The lowest BCUT2D eigenvalue weighted by Gasteiger charge is -2.33. The molecule has 0 amide bonds. The summed E-state index contributed by atoms with van der Waals surface area (Å²) in [6.45, 7) is 5.60. The Morgan fingerprint density at radius 3 is 2.73 bits per heavy atom. The number of thioether (sulfide) groups is 1. The van der Waals surface area contributed by atoms with Gasteiger partial charge in [0, 0.05) is 24.1 Å². The Bertz CT molecular complexity index is 709. The number of aryl methyl sites for hydroxylation is 1. The highest BCUT2D eigenvalue weighted by Crippen LogP contribution is 2.35. The summed E-state index contributed by atoms with van der Waals surface area (Å²) in [5, 5.41) is 18.4. The highest BCUT2D eigenvalue weighted by molar-refractivity contribution is 7.99. The third-order valence-corrected chi connectivity index (χ3v) is 5.33. The van der Waals surface area contributed by atoms with Crippen LogP contribution in [0.25, 0.3) is 0 Å². The van der Waals surface area contributed by atoms with Crippen LogP contribution in [-0.2, 0) is 0 Å². The SMILES string of the molecule is Cc1nnc(N2CCSC(c3ccccc3)C2)c(C#N)c1C. The highest BCUT2D eigenvalue weighted by Gasteiger charge is 2.25. The molecule has 1 saturated heterocycles. The van der Waals surface area contributed by atoms with Crippen LogP contribution in [0.5, 0.6) is 0 Å². The Morgan fingerprint density at radius 2 is 2.00 bits per heavy atom. The van der Waals surface area contributed by atoms with E-state index >= 15 is 0 Å². The summed E-state index contributed by atoms with van der Waals surface area (Å²) in [6, 6.07) is 12.8. The molecule has 0 saturated carbocycles. The molecule has 0 aliphatic carbocycles. The zero-order chi connectivity index (χ0) is 15.5. The standard InChI is InChI=1S/C17H18N4S/c1-12-13(2)19-20-17(15(12)10-18)21-8-9-22-16(11-21)14-6-4-3-5-7-14/h3-7,16H,8-9,11H2,1-2H3. The second-order valence-electron chi connectivity index (χ2n) is 5.44. The van der Waals surface area contributed by atoms with Crippen molar-refractivity contribution in [3.05, 3.63) is 52.7 Å². The van der Waals surface area contributed by atoms with Crippen molar-refractivity contribution >= 4 is 17.6 Å². The molecule has 0 bridgehead atoms. The zero-order valence-electron chi connectivity index (χ0n) is 12.8. The quantitative estimate of drug-likeness (QED) is 0.852. The maximum absolute atomic E-state index is 9.49. The summed E-state index contributed by atoms with van der Waals surface area (Å²) in [5.41, 5.74) is 3.74. The molecule has 0 radical (unpaired) electrons. The second-order valence-corrected chi connectivity index (χ2v) is 6.75. The molecule has 0 spiro atoms. The number of anilines is 1. The molecule has 1 aromatic carbocycles. The lowest BCUT2D eigenvalue weighted by atomic mass is 10.1. The normalized spacial score (nSPS) is 18.0. The van der Waals surface area contributed by atoms with E-state index in [0.717, 1.165) is 35.9 Å². The number of nitriles is 1. The minimum Gasteiger partial charge on any atom is -0.352 e. The van der Waals surface area contributed by atoms with Gasteiger partial charge in [0.2, 0.25) is 0 Å². The van der Waals surface area contributed by atoms with Crippen molar-refractivity contribution in [2.24, 2.45) is 0 Å². The first-order valence-electron chi connectivity index (χ1n) is 7.36. The Kier molecular flexibility index (Phi) is 4.30. The Hall–Kier alpha value is -2.06. The summed E-state index contributed by atoms with van der Waals surface area (Å²) in [7, 11) is 0. The van der Waals surface area contributed by atoms with E-state index in [4.69, 9.17) is 0 Å². The molecule has 1 unspecified atom stereocenters. The largest absolute Gasteiger partial charge is 0.352 e. The van der Waals surface area contributed by atoms with E-state index in [1.165, 1.54) is 5.56 Å². The van der Waals surface area contributed by atoms with Gasteiger partial charge in [-0.05, 0) is 25.0 Å². The van der Waals surface area contributed by atoms with Crippen LogP contribution in [0.2, 0.25) is 0 Å². The van der Waals surface area contributed by atoms with Crippen LogP contribution < -0.4 is 4.90 Å². The van der Waals surface area contributed by atoms with Crippen molar-refractivity contribution in [2.75, 3.05) is 23.7 Å². The lowest BCUT2D eigenvalue weighted by molar-refractivity contribution is 0.747. The number of benzene rings is 1. The van der Waals surface area contributed by atoms with Crippen molar-refractivity contribution < 1.29 is 0 Å². The first-order valence-corrected chi connectivity index (χ1v) is 8.41. The molecule has 22 heavy (non-hydrogen) atoms. The van der Waals surface area contributed by atoms with Gasteiger partial charge in [0.15, 0.2) is 5.82 Å². The Balaban J connectivity index is 1.90. The van der Waals surface area contributed by atoms with Crippen LogP contribution in [0.15, 0.2) is 30.3 Å². The molecular formula is C17H18N4S. The Morgan fingerprint density at radius 1 is 1.23 bits per heavy atom. The summed E-state index contributed by atoms with van der Waals surface area (Å²) in [5.74, 6) is 1.76. The first-order chi connectivity index (χ1) is 10.7. The monoisotopic (exact) mass is 310 g/mol. The zero-order valence-corrected chi connectivity index (χ0v) is 13.6. The van der Waals surface area contributed by atoms with E-state index in [1.807, 2.05) is 31.7 Å². The van der Waals surface area contributed by atoms with Gasteiger partial charge in [-0.2, -0.15) is 22.1 Å². The van der Waals surface area contributed by atoms with Crippen LogP contribution in [0, 0.1) is 25.2 Å². The van der Waals surface area contributed by atoms with Gasteiger partial charge in [0.25, 0.3) is 0 Å². The maximum atomic E-state index is 9.49. The smallest absolute Gasteiger partial charge is 0.169 e. The molecule has 112 valence electrons. The van der Waals surface area contributed by atoms with Gasteiger partial charge in [-0.1, -0.05) is 30.3 Å². The molecule has 4 nitrogen and oxygen atoms in total. The van der Waals surface area contributed by atoms with Crippen LogP contribution in [0.1, 0.15) is 27.6 Å². The van der Waals surface area contributed by atoms with Gasteiger partial charge in [0.1, 0.15) is 11.6 Å². The molecule has 0 N–H and O–H groups in total. The molecule has 1 fully saturated rings. The lowest BCUT2D eigenvalue weighted by Crippen LogP contribution is -2.36. The van der Waals surface area contributed by atoms with E-state index in [9.17, 15) is 5.26 Å². The first kappa shape index (κ1) is 14.9. The predicted molar refractivity (Wildman–Crippen MR) is 90.1 cm³/mol. The van der Waals surface area contributed by atoms with Crippen LogP contribution in [-0.4, -0.2) is 29.0 Å². The molecule has 1 aliphatic rings. The summed E-state index contributed by atoms with van der Waals surface area (Å²) < 4.78 is 0. The average Bonchev–Trinajstić information content (AvgIpc) is 2.58. The van der Waals surface area contributed by atoms with Gasteiger partial charge in [-0.15, -0.1) is 5.10 Å². The summed E-state index contributed by atoms with van der Waals surface area (Å²) in [6.07, 6.45) is 0. The van der Waals surface area contributed by atoms with Crippen LogP contribution in [0.4, 0.5) is 5.82 Å². The van der Waals surface area contributed by atoms with Crippen LogP contribution >= 0.6 is 11.8 Å². The predicted octanol–water partition coefficient (Wildman–Crippen LogP) is 3.26. The molecule has 5 heteroatoms. The van der Waals surface area contributed by atoms with E-state index in [1.54, 1.807) is 0 Å². The summed E-state index contributed by atoms with van der Waals surface area (Å²) >= 11 is 1.96. The van der Waals surface area contributed by atoms with Crippen molar-refractivity contribution in [2.45, 2.75) is 19.1 Å². The van der Waals surface area contributed by atoms with Gasteiger partial charge in [-0.3, -0.25) is 0 Å². The minimum absolute atomic E-state index is 0.407. The van der Waals surface area contributed by atoms with Crippen LogP contribution in [0.3, 0.4) is 0 Å². The highest BCUT2D eigenvalue weighted by atomic mass is 32.2.